The zero-order valence-corrected chi connectivity index (χ0v) is 15.2. The number of amides is 1. The van der Waals surface area contributed by atoms with Gasteiger partial charge in [0.1, 0.15) is 5.01 Å². The summed E-state index contributed by atoms with van der Waals surface area (Å²) in [5.74, 6) is -1.98. The molecule has 0 aliphatic carbocycles. The molecule has 0 aliphatic rings. The van der Waals surface area contributed by atoms with Gasteiger partial charge in [0.2, 0.25) is 0 Å². The number of carbonyl (C=O) groups is 1. The number of alkyl halides is 3. The third-order valence-electron chi connectivity index (χ3n) is 3.33. The molecule has 0 saturated carbocycles. The van der Waals surface area contributed by atoms with E-state index in [1.807, 2.05) is 23.5 Å². The molecule has 0 bridgehead atoms. The largest absolute Gasteiger partial charge is 0.471 e. The van der Waals surface area contributed by atoms with E-state index in [1.54, 1.807) is 19.1 Å². The summed E-state index contributed by atoms with van der Waals surface area (Å²) < 4.78 is 39.1. The minimum absolute atomic E-state index is 0.136. The molecule has 124 valence electrons. The lowest BCUT2D eigenvalue weighted by Crippen LogP contribution is -2.30. The monoisotopic (exact) mass is 458 g/mol. The number of aryl methyl sites for hydroxylation is 1. The van der Waals surface area contributed by atoms with Gasteiger partial charge in [0.05, 0.1) is 10.2 Å². The van der Waals surface area contributed by atoms with Crippen molar-refractivity contribution in [2.45, 2.75) is 13.1 Å². The molecule has 3 aromatic rings. The summed E-state index contributed by atoms with van der Waals surface area (Å²) in [6.07, 6.45) is -4.91. The minimum atomic E-state index is -4.91. The maximum absolute atomic E-state index is 12.3. The Morgan fingerprint density at radius 1 is 1.21 bits per heavy atom. The average Bonchev–Trinajstić information content (AvgIpc) is 2.91. The summed E-state index contributed by atoms with van der Waals surface area (Å²) in [5.41, 5.74) is 2.36. The molecule has 1 N–H and O–H groups in total. The van der Waals surface area contributed by atoms with E-state index in [1.165, 1.54) is 17.4 Å². The van der Waals surface area contributed by atoms with Crippen molar-refractivity contribution in [2.24, 2.45) is 0 Å². The van der Waals surface area contributed by atoms with Crippen LogP contribution in [0.2, 0.25) is 0 Å². The first-order valence-electron chi connectivity index (χ1n) is 6.79. The van der Waals surface area contributed by atoms with Gasteiger partial charge in [-0.25, -0.2) is 4.98 Å². The predicted octanol–water partition coefficient (Wildman–Crippen LogP) is 5.38. The highest BCUT2D eigenvalue weighted by molar-refractivity contribution is 14.1. The Morgan fingerprint density at radius 3 is 2.62 bits per heavy atom. The van der Waals surface area contributed by atoms with Crippen molar-refractivity contribution < 1.29 is 18.0 Å². The molecule has 0 atom stereocenters. The van der Waals surface area contributed by atoms with Crippen molar-refractivity contribution in [1.29, 1.82) is 0 Å². The molecule has 1 aromatic heterocycles. The second-order valence-corrected chi connectivity index (χ2v) is 7.39. The molecule has 0 aliphatic heterocycles. The van der Waals surface area contributed by atoms with Crippen molar-refractivity contribution in [2.75, 3.05) is 5.32 Å². The van der Waals surface area contributed by atoms with Crippen LogP contribution in [0, 0.1) is 10.5 Å². The summed E-state index contributed by atoms with van der Waals surface area (Å²) in [5, 5.41) is 2.66. The molecular formula is C16H10F3IN2OS. The Morgan fingerprint density at radius 2 is 1.96 bits per heavy atom. The van der Waals surface area contributed by atoms with Crippen molar-refractivity contribution in [3.05, 3.63) is 45.5 Å². The molecule has 3 nitrogen and oxygen atoms in total. The fourth-order valence-corrected chi connectivity index (χ4v) is 3.57. The number of hydrogen-bond acceptors (Lipinski definition) is 3. The van der Waals surface area contributed by atoms with Crippen molar-refractivity contribution in [3.63, 3.8) is 0 Å². The number of anilines is 1. The van der Waals surface area contributed by atoms with Gasteiger partial charge in [-0.2, -0.15) is 13.2 Å². The molecule has 1 heterocycles. The normalized spacial score (nSPS) is 11.7. The van der Waals surface area contributed by atoms with Crippen molar-refractivity contribution >= 4 is 55.7 Å². The van der Waals surface area contributed by atoms with Gasteiger partial charge in [-0.1, -0.05) is 0 Å². The number of rotatable bonds is 2. The Bertz CT molecular complexity index is 937. The number of benzene rings is 2. The van der Waals surface area contributed by atoms with Crippen LogP contribution in [0.15, 0.2) is 36.4 Å². The fraction of sp³-hybridized carbons (Fsp3) is 0.125. The first-order chi connectivity index (χ1) is 11.2. The van der Waals surface area contributed by atoms with Gasteiger partial charge in [-0.3, -0.25) is 4.79 Å². The molecule has 0 radical (unpaired) electrons. The van der Waals surface area contributed by atoms with E-state index in [0.29, 0.717) is 5.56 Å². The highest BCUT2D eigenvalue weighted by Gasteiger charge is 2.38. The van der Waals surface area contributed by atoms with Gasteiger partial charge >= 0.3 is 12.1 Å². The predicted molar refractivity (Wildman–Crippen MR) is 97.2 cm³/mol. The highest BCUT2D eigenvalue weighted by Crippen LogP contribution is 2.33. The second-order valence-electron chi connectivity index (χ2n) is 5.11. The number of thiazole rings is 1. The molecule has 0 saturated heterocycles. The molecular weight excluding hydrogens is 448 g/mol. The first-order valence-corrected chi connectivity index (χ1v) is 8.69. The van der Waals surface area contributed by atoms with Crippen LogP contribution < -0.4 is 5.32 Å². The van der Waals surface area contributed by atoms with Crippen LogP contribution in [-0.4, -0.2) is 17.1 Å². The zero-order chi connectivity index (χ0) is 17.5. The lowest BCUT2D eigenvalue weighted by Gasteiger charge is -2.11. The van der Waals surface area contributed by atoms with Crippen LogP contribution in [0.25, 0.3) is 20.8 Å². The second kappa shape index (κ2) is 6.32. The SMILES string of the molecule is Cc1cc(-c2nc3cc([123I])ccc3s2)ccc1NC(=O)C(F)(F)F. The molecule has 1 amide bonds. The summed E-state index contributed by atoms with van der Waals surface area (Å²) in [4.78, 5) is 15.6. The number of carbonyl (C=O) groups excluding carboxylic acids is 1. The number of halogens is 4. The summed E-state index contributed by atoms with van der Waals surface area (Å²) in [6, 6.07) is 10.8. The lowest BCUT2D eigenvalue weighted by molar-refractivity contribution is -0.167. The molecule has 2 aromatic carbocycles. The molecule has 0 spiro atoms. The topological polar surface area (TPSA) is 42.0 Å². The van der Waals surface area contributed by atoms with Gasteiger partial charge < -0.3 is 5.32 Å². The molecule has 3 rings (SSSR count). The van der Waals surface area contributed by atoms with E-state index < -0.39 is 12.1 Å². The lowest BCUT2D eigenvalue weighted by atomic mass is 10.1. The Labute approximate surface area is 153 Å². The van der Waals surface area contributed by atoms with Crippen LogP contribution in [0.1, 0.15) is 5.56 Å². The van der Waals surface area contributed by atoms with E-state index in [9.17, 15) is 18.0 Å². The van der Waals surface area contributed by atoms with Gasteiger partial charge in [0, 0.05) is 14.8 Å². The van der Waals surface area contributed by atoms with Gasteiger partial charge in [0.15, 0.2) is 0 Å². The maximum Gasteiger partial charge on any atom is 0.471 e. The van der Waals surface area contributed by atoms with Crippen molar-refractivity contribution in [3.8, 4) is 10.6 Å². The van der Waals surface area contributed by atoms with Crippen LogP contribution >= 0.6 is 33.9 Å². The molecule has 0 fully saturated rings. The first kappa shape index (κ1) is 17.2. The fourth-order valence-electron chi connectivity index (χ4n) is 2.15. The van der Waals surface area contributed by atoms with Gasteiger partial charge in [-0.15, -0.1) is 11.3 Å². The van der Waals surface area contributed by atoms with Crippen LogP contribution in [0.3, 0.4) is 0 Å². The van der Waals surface area contributed by atoms with Gasteiger partial charge in [0.25, 0.3) is 0 Å². The summed E-state index contributed by atoms with van der Waals surface area (Å²) in [7, 11) is 0. The smallest absolute Gasteiger partial charge is 0.318 e. The number of nitrogens with zero attached hydrogens (tertiary/aromatic N) is 1. The average molecular weight is 458 g/mol. The van der Waals surface area contributed by atoms with Crippen LogP contribution in [-0.2, 0) is 4.79 Å². The number of aromatic nitrogens is 1. The zero-order valence-electron chi connectivity index (χ0n) is 12.2. The third kappa shape index (κ3) is 3.54. The standard InChI is InChI=1S/C16H10F3IN2OS/c1-8-6-9(2-4-11(8)22-15(23)16(17,18)19)14-21-12-7-10(20)3-5-13(12)24-14/h2-7H,1H3,(H,22,23)/i20-4. The third-order valence-corrected chi connectivity index (χ3v) is 5.09. The van der Waals surface area contributed by atoms with Crippen molar-refractivity contribution in [1.82, 2.24) is 4.98 Å². The van der Waals surface area contributed by atoms with Crippen LogP contribution in [0.5, 0.6) is 0 Å². The van der Waals surface area contributed by atoms with E-state index in [-0.39, 0.29) is 5.69 Å². The van der Waals surface area contributed by atoms with Gasteiger partial charge in [-0.05, 0) is 71.5 Å². The van der Waals surface area contributed by atoms with E-state index >= 15 is 0 Å². The quantitative estimate of drug-likeness (QED) is 0.525. The van der Waals surface area contributed by atoms with E-state index in [2.05, 4.69) is 27.6 Å². The summed E-state index contributed by atoms with van der Waals surface area (Å²) >= 11 is 3.72. The molecule has 24 heavy (non-hydrogen) atoms. The Hall–Kier alpha value is -1.68. The van der Waals surface area contributed by atoms with E-state index in [4.69, 9.17) is 0 Å². The van der Waals surface area contributed by atoms with E-state index in [0.717, 1.165) is 24.4 Å². The number of fused-ring (bicyclic) bond motifs is 1. The summed E-state index contributed by atoms with van der Waals surface area (Å²) in [6.45, 7) is 1.64. The minimum Gasteiger partial charge on any atom is -0.318 e. The highest BCUT2D eigenvalue weighted by atomic mass is 123. The molecule has 0 unspecified atom stereocenters. The Balaban J connectivity index is 1.92. The van der Waals surface area contributed by atoms with Crippen LogP contribution in [0.4, 0.5) is 18.9 Å². The number of nitrogens with one attached hydrogen (secondary N) is 1. The molecule has 8 heteroatoms. The maximum atomic E-state index is 12.3. The number of hydrogen-bond donors (Lipinski definition) is 1. The Kier molecular flexibility index (Phi) is 4.52.